The molecule has 2 aromatic rings. The lowest BCUT2D eigenvalue weighted by atomic mass is 10.2. The number of nitriles is 1. The molecule has 0 radical (unpaired) electrons. The third-order valence-corrected chi connectivity index (χ3v) is 2.49. The van der Waals surface area contributed by atoms with E-state index in [0.29, 0.717) is 16.9 Å². The largest absolute Gasteiger partial charge is 0.326 e. The Morgan fingerprint density at radius 2 is 2.11 bits per heavy atom. The fourth-order valence-electron chi connectivity index (χ4n) is 1.68. The lowest BCUT2D eigenvalue weighted by Crippen LogP contribution is -2.16. The van der Waals surface area contributed by atoms with Crippen LogP contribution in [0.1, 0.15) is 21.6 Å². The predicted molar refractivity (Wildman–Crippen MR) is 70.9 cm³/mol. The summed E-state index contributed by atoms with van der Waals surface area (Å²) in [5.74, 6) is -0.385. The third-order valence-electron chi connectivity index (χ3n) is 2.49. The number of nitrogens with one attached hydrogen (secondary N) is 2. The van der Waals surface area contributed by atoms with Crippen LogP contribution in [0.2, 0.25) is 0 Å². The van der Waals surface area contributed by atoms with E-state index in [9.17, 15) is 9.59 Å². The fraction of sp³-hybridized carbons (Fsp3) is 0.0714. The standard InChI is InChI=1S/C14H11N3O2/c1-9-5-11(7-13(18)16-9)14(19)17-12-4-2-3-10(6-12)8-15/h2-7H,1H3,(H,16,18)(H,17,19). The van der Waals surface area contributed by atoms with E-state index in [1.807, 2.05) is 6.07 Å². The van der Waals surface area contributed by atoms with Gasteiger partial charge in [-0.25, -0.2) is 0 Å². The topological polar surface area (TPSA) is 85.8 Å². The lowest BCUT2D eigenvalue weighted by molar-refractivity contribution is 0.102. The van der Waals surface area contributed by atoms with Gasteiger partial charge in [0, 0.05) is 23.0 Å². The van der Waals surface area contributed by atoms with E-state index in [4.69, 9.17) is 5.26 Å². The van der Waals surface area contributed by atoms with E-state index in [-0.39, 0.29) is 17.0 Å². The Bertz CT molecular complexity index is 726. The SMILES string of the molecule is Cc1cc(C(=O)Nc2cccc(C#N)c2)cc(=O)[nH]1. The zero-order chi connectivity index (χ0) is 13.8. The van der Waals surface area contributed by atoms with Gasteiger partial charge in [-0.05, 0) is 31.2 Å². The Hall–Kier alpha value is -2.87. The number of aromatic nitrogens is 1. The molecule has 5 heteroatoms. The zero-order valence-corrected chi connectivity index (χ0v) is 10.2. The van der Waals surface area contributed by atoms with Crippen LogP contribution in [0.3, 0.4) is 0 Å². The number of rotatable bonds is 2. The van der Waals surface area contributed by atoms with Crippen LogP contribution in [0.4, 0.5) is 5.69 Å². The Kier molecular flexibility index (Phi) is 3.44. The van der Waals surface area contributed by atoms with Crippen molar-refractivity contribution < 1.29 is 4.79 Å². The van der Waals surface area contributed by atoms with Crippen molar-refractivity contribution in [3.8, 4) is 6.07 Å². The van der Waals surface area contributed by atoms with Crippen LogP contribution in [0, 0.1) is 18.3 Å². The van der Waals surface area contributed by atoms with E-state index in [2.05, 4.69) is 10.3 Å². The second-order valence-electron chi connectivity index (χ2n) is 4.06. The van der Waals surface area contributed by atoms with Crippen molar-refractivity contribution in [3.63, 3.8) is 0 Å². The van der Waals surface area contributed by atoms with Crippen molar-refractivity contribution in [3.05, 3.63) is 63.6 Å². The molecule has 0 fully saturated rings. The first-order valence-corrected chi connectivity index (χ1v) is 5.61. The minimum Gasteiger partial charge on any atom is -0.326 e. The quantitative estimate of drug-likeness (QED) is 0.855. The van der Waals surface area contributed by atoms with Gasteiger partial charge in [0.1, 0.15) is 0 Å². The van der Waals surface area contributed by atoms with E-state index < -0.39 is 0 Å². The van der Waals surface area contributed by atoms with Crippen LogP contribution in [-0.2, 0) is 0 Å². The molecule has 0 unspecified atom stereocenters. The molecule has 0 aliphatic heterocycles. The first-order valence-electron chi connectivity index (χ1n) is 5.61. The van der Waals surface area contributed by atoms with Crippen LogP contribution < -0.4 is 10.9 Å². The third kappa shape index (κ3) is 3.07. The second kappa shape index (κ2) is 5.19. The molecule has 94 valence electrons. The van der Waals surface area contributed by atoms with Crippen molar-refractivity contribution in [1.29, 1.82) is 5.26 Å². The summed E-state index contributed by atoms with van der Waals surface area (Å²) in [7, 11) is 0. The molecule has 1 aromatic heterocycles. The molecule has 1 heterocycles. The van der Waals surface area contributed by atoms with Crippen LogP contribution in [0.5, 0.6) is 0 Å². The van der Waals surface area contributed by atoms with Gasteiger partial charge in [0.15, 0.2) is 0 Å². The number of aromatic amines is 1. The summed E-state index contributed by atoms with van der Waals surface area (Å²) in [6, 6.07) is 11.4. The number of aryl methyl sites for hydroxylation is 1. The summed E-state index contributed by atoms with van der Waals surface area (Å²) in [4.78, 5) is 25.8. The van der Waals surface area contributed by atoms with Crippen molar-refractivity contribution in [1.82, 2.24) is 4.98 Å². The second-order valence-corrected chi connectivity index (χ2v) is 4.06. The number of H-pyrrole nitrogens is 1. The van der Waals surface area contributed by atoms with E-state index in [0.717, 1.165) is 0 Å². The number of anilines is 1. The highest BCUT2D eigenvalue weighted by molar-refractivity contribution is 6.04. The van der Waals surface area contributed by atoms with Gasteiger partial charge in [-0.15, -0.1) is 0 Å². The summed E-state index contributed by atoms with van der Waals surface area (Å²) in [5.41, 5.74) is 1.55. The molecule has 0 atom stereocenters. The van der Waals surface area contributed by atoms with E-state index >= 15 is 0 Å². The number of pyridine rings is 1. The zero-order valence-electron chi connectivity index (χ0n) is 10.2. The van der Waals surface area contributed by atoms with Crippen LogP contribution in [0.15, 0.2) is 41.2 Å². The molecular formula is C14H11N3O2. The number of amides is 1. The fourth-order valence-corrected chi connectivity index (χ4v) is 1.68. The van der Waals surface area contributed by atoms with Crippen molar-refractivity contribution in [2.45, 2.75) is 6.92 Å². The average molecular weight is 253 g/mol. The van der Waals surface area contributed by atoms with Gasteiger partial charge in [-0.3, -0.25) is 9.59 Å². The molecule has 0 bridgehead atoms. The van der Waals surface area contributed by atoms with Gasteiger partial charge in [0.2, 0.25) is 5.56 Å². The maximum absolute atomic E-state index is 12.0. The lowest BCUT2D eigenvalue weighted by Gasteiger charge is -2.05. The number of carbonyl (C=O) groups is 1. The number of benzene rings is 1. The molecular weight excluding hydrogens is 242 g/mol. The predicted octanol–water partition coefficient (Wildman–Crippen LogP) is 1.81. The molecule has 5 nitrogen and oxygen atoms in total. The van der Waals surface area contributed by atoms with Gasteiger partial charge < -0.3 is 10.3 Å². The van der Waals surface area contributed by atoms with E-state index in [1.54, 1.807) is 37.3 Å². The monoisotopic (exact) mass is 253 g/mol. The van der Waals surface area contributed by atoms with Gasteiger partial charge in [0.25, 0.3) is 5.91 Å². The number of hydrogen-bond acceptors (Lipinski definition) is 3. The summed E-state index contributed by atoms with van der Waals surface area (Å²) >= 11 is 0. The Morgan fingerprint density at radius 3 is 2.79 bits per heavy atom. The molecule has 0 aliphatic rings. The van der Waals surface area contributed by atoms with Crippen molar-refractivity contribution in [2.75, 3.05) is 5.32 Å². The normalized spacial score (nSPS) is 9.68. The molecule has 0 saturated carbocycles. The van der Waals surface area contributed by atoms with Crippen LogP contribution in [-0.4, -0.2) is 10.9 Å². The van der Waals surface area contributed by atoms with Gasteiger partial charge in [-0.1, -0.05) is 6.07 Å². The summed E-state index contributed by atoms with van der Waals surface area (Å²) in [5, 5.41) is 11.4. The average Bonchev–Trinajstić information content (AvgIpc) is 2.37. The molecule has 0 saturated heterocycles. The first kappa shape index (κ1) is 12.6. The van der Waals surface area contributed by atoms with Gasteiger partial charge >= 0.3 is 0 Å². The Morgan fingerprint density at radius 1 is 1.32 bits per heavy atom. The number of carbonyl (C=O) groups excluding carboxylic acids is 1. The molecule has 1 amide bonds. The Labute approximate surface area is 109 Å². The maximum Gasteiger partial charge on any atom is 0.255 e. The molecule has 2 N–H and O–H groups in total. The van der Waals surface area contributed by atoms with Crippen molar-refractivity contribution in [2.24, 2.45) is 0 Å². The van der Waals surface area contributed by atoms with Crippen molar-refractivity contribution >= 4 is 11.6 Å². The van der Waals surface area contributed by atoms with Crippen LogP contribution >= 0.6 is 0 Å². The molecule has 1 aromatic carbocycles. The van der Waals surface area contributed by atoms with Crippen LogP contribution in [0.25, 0.3) is 0 Å². The minimum atomic E-state index is -0.385. The molecule has 2 rings (SSSR count). The molecule has 19 heavy (non-hydrogen) atoms. The maximum atomic E-state index is 12.0. The van der Waals surface area contributed by atoms with E-state index in [1.165, 1.54) is 6.07 Å². The van der Waals surface area contributed by atoms with Gasteiger partial charge in [0.05, 0.1) is 11.6 Å². The summed E-state index contributed by atoms with van der Waals surface area (Å²) in [6.07, 6.45) is 0. The Balaban J connectivity index is 2.25. The number of hydrogen-bond donors (Lipinski definition) is 2. The highest BCUT2D eigenvalue weighted by Gasteiger charge is 2.07. The molecule has 0 spiro atoms. The highest BCUT2D eigenvalue weighted by atomic mass is 16.2. The molecule has 0 aliphatic carbocycles. The summed E-state index contributed by atoms with van der Waals surface area (Å²) in [6.45, 7) is 1.70. The smallest absolute Gasteiger partial charge is 0.255 e. The van der Waals surface area contributed by atoms with Gasteiger partial charge in [-0.2, -0.15) is 5.26 Å². The first-order chi connectivity index (χ1) is 9.08. The minimum absolute atomic E-state index is 0.281. The highest BCUT2D eigenvalue weighted by Crippen LogP contribution is 2.11. The summed E-state index contributed by atoms with van der Waals surface area (Å²) < 4.78 is 0. The number of nitrogens with zero attached hydrogens (tertiary/aromatic N) is 1.